The number of aryl methyl sites for hydroxylation is 1. The second kappa shape index (κ2) is 10.0. The topological polar surface area (TPSA) is 90.0 Å². The Bertz CT molecular complexity index is 1120. The van der Waals surface area contributed by atoms with E-state index >= 15 is 0 Å². The maximum Gasteiger partial charge on any atom is 0.242 e. The molecule has 0 aliphatic carbocycles. The molecule has 1 heterocycles. The van der Waals surface area contributed by atoms with Crippen LogP contribution in [0.25, 0.3) is 0 Å². The third-order valence-corrected chi connectivity index (χ3v) is 7.94. The van der Waals surface area contributed by atoms with Gasteiger partial charge < -0.3 is 10.2 Å². The van der Waals surface area contributed by atoms with E-state index in [2.05, 4.69) is 15.1 Å². The second-order valence-electron chi connectivity index (χ2n) is 8.56. The molecule has 3 rings (SSSR count). The molecule has 1 fully saturated rings. The smallest absolute Gasteiger partial charge is 0.242 e. The average Bonchev–Trinajstić information content (AvgIpc) is 2.79. The zero-order valence-corrected chi connectivity index (χ0v) is 20.6. The van der Waals surface area contributed by atoms with Crippen molar-refractivity contribution in [1.29, 1.82) is 0 Å². The molecular formula is C24H32N4O4S. The lowest BCUT2D eigenvalue weighted by Gasteiger charge is -2.38. The summed E-state index contributed by atoms with van der Waals surface area (Å²) in [5, 5.41) is 2.91. The van der Waals surface area contributed by atoms with E-state index in [1.807, 2.05) is 38.1 Å². The fraction of sp³-hybridized carbons (Fsp3) is 0.417. The lowest BCUT2D eigenvalue weighted by atomic mass is 10.1. The molecule has 0 spiro atoms. The van der Waals surface area contributed by atoms with Gasteiger partial charge in [-0.2, -0.15) is 0 Å². The molecule has 8 nitrogen and oxygen atoms in total. The van der Waals surface area contributed by atoms with Crippen LogP contribution in [0.3, 0.4) is 0 Å². The van der Waals surface area contributed by atoms with Crippen LogP contribution in [0, 0.1) is 6.92 Å². The predicted octanol–water partition coefficient (Wildman–Crippen LogP) is 2.60. The normalized spacial score (nSPS) is 16.0. The lowest BCUT2D eigenvalue weighted by Crippen LogP contribution is -2.52. The van der Waals surface area contributed by atoms with Crippen molar-refractivity contribution < 1.29 is 18.0 Å². The first-order chi connectivity index (χ1) is 15.5. The highest BCUT2D eigenvalue weighted by molar-refractivity contribution is 7.89. The fourth-order valence-corrected chi connectivity index (χ4v) is 4.71. The molecule has 1 aliphatic heterocycles. The van der Waals surface area contributed by atoms with E-state index in [0.29, 0.717) is 11.3 Å². The molecule has 0 aromatic heterocycles. The number of amides is 1. The molecule has 1 amide bonds. The maximum atomic E-state index is 13.0. The molecule has 0 radical (unpaired) electrons. The Morgan fingerprint density at radius 3 is 2.15 bits per heavy atom. The first-order valence-corrected chi connectivity index (χ1v) is 12.4. The molecule has 2 aromatic carbocycles. The van der Waals surface area contributed by atoms with Gasteiger partial charge in [0.1, 0.15) is 0 Å². The molecule has 178 valence electrons. The van der Waals surface area contributed by atoms with Crippen molar-refractivity contribution in [3.8, 4) is 0 Å². The number of benzene rings is 2. The minimum atomic E-state index is -3.59. The van der Waals surface area contributed by atoms with Gasteiger partial charge in [-0.25, -0.2) is 12.7 Å². The quantitative estimate of drug-likeness (QED) is 0.623. The van der Waals surface area contributed by atoms with Crippen molar-refractivity contribution in [3.05, 3.63) is 53.6 Å². The summed E-state index contributed by atoms with van der Waals surface area (Å²) >= 11 is 0. The van der Waals surface area contributed by atoms with Crippen LogP contribution >= 0.6 is 0 Å². The molecule has 1 atom stereocenters. The summed E-state index contributed by atoms with van der Waals surface area (Å²) in [5.41, 5.74) is 3.05. The second-order valence-corrected chi connectivity index (χ2v) is 10.7. The van der Waals surface area contributed by atoms with E-state index in [-0.39, 0.29) is 22.6 Å². The van der Waals surface area contributed by atoms with Gasteiger partial charge in [0, 0.05) is 57.2 Å². The monoisotopic (exact) mass is 472 g/mol. The molecule has 1 saturated heterocycles. The van der Waals surface area contributed by atoms with Crippen molar-refractivity contribution >= 4 is 33.1 Å². The van der Waals surface area contributed by atoms with E-state index in [1.165, 1.54) is 20.2 Å². The molecule has 9 heteroatoms. The van der Waals surface area contributed by atoms with E-state index in [0.717, 1.165) is 41.7 Å². The van der Waals surface area contributed by atoms with Crippen LogP contribution in [0.2, 0.25) is 0 Å². The van der Waals surface area contributed by atoms with E-state index < -0.39 is 10.0 Å². The van der Waals surface area contributed by atoms with Gasteiger partial charge in [-0.3, -0.25) is 14.5 Å². The summed E-state index contributed by atoms with van der Waals surface area (Å²) in [6, 6.07) is 12.0. The van der Waals surface area contributed by atoms with Crippen LogP contribution in [0.1, 0.15) is 29.8 Å². The Morgan fingerprint density at radius 2 is 1.61 bits per heavy atom. The fourth-order valence-electron chi connectivity index (χ4n) is 3.78. The lowest BCUT2D eigenvalue weighted by molar-refractivity contribution is -0.120. The van der Waals surface area contributed by atoms with Crippen LogP contribution in [0.4, 0.5) is 11.4 Å². The number of sulfonamides is 1. The Balaban J connectivity index is 1.63. The van der Waals surface area contributed by atoms with Gasteiger partial charge in [-0.05, 0) is 62.7 Å². The largest absolute Gasteiger partial charge is 0.369 e. The number of nitrogens with one attached hydrogen (secondary N) is 1. The summed E-state index contributed by atoms with van der Waals surface area (Å²) in [6.45, 7) is 8.23. The maximum absolute atomic E-state index is 13.0. The number of rotatable bonds is 7. The molecule has 0 unspecified atom stereocenters. The van der Waals surface area contributed by atoms with Crippen molar-refractivity contribution in [2.75, 3.05) is 50.5 Å². The first-order valence-electron chi connectivity index (χ1n) is 10.9. The van der Waals surface area contributed by atoms with E-state index in [9.17, 15) is 18.0 Å². The third-order valence-electron chi connectivity index (χ3n) is 6.13. The highest BCUT2D eigenvalue weighted by Gasteiger charge is 2.26. The number of anilines is 2. The Labute approximate surface area is 196 Å². The van der Waals surface area contributed by atoms with Gasteiger partial charge in [-0.15, -0.1) is 0 Å². The first kappa shape index (κ1) is 24.9. The number of piperazine rings is 1. The predicted molar refractivity (Wildman–Crippen MR) is 130 cm³/mol. The van der Waals surface area contributed by atoms with E-state index in [4.69, 9.17) is 0 Å². The van der Waals surface area contributed by atoms with Gasteiger partial charge in [-0.1, -0.05) is 6.07 Å². The van der Waals surface area contributed by atoms with Crippen LogP contribution in [0.5, 0.6) is 0 Å². The standard InChI is InChI=1S/C24H32N4O4S/c1-17-6-11-22(33(31,32)26(4)5)16-23(17)25-24(30)18(2)27-12-14-28(15-13-27)21-9-7-20(8-10-21)19(3)29/h6-11,16,18H,12-15H2,1-5H3,(H,25,30)/t18-/m1/s1. The summed E-state index contributed by atoms with van der Waals surface area (Å²) in [5.74, 6) is -0.122. The van der Waals surface area contributed by atoms with Crippen LogP contribution in [-0.2, 0) is 14.8 Å². The van der Waals surface area contributed by atoms with Crippen molar-refractivity contribution in [3.63, 3.8) is 0 Å². The Hall–Kier alpha value is -2.75. The van der Waals surface area contributed by atoms with Crippen LogP contribution < -0.4 is 10.2 Å². The highest BCUT2D eigenvalue weighted by Crippen LogP contribution is 2.23. The number of Topliss-reactive ketones (excluding diaryl/α,β-unsaturated/α-hetero) is 1. The van der Waals surface area contributed by atoms with Crippen molar-refractivity contribution in [1.82, 2.24) is 9.21 Å². The number of hydrogen-bond donors (Lipinski definition) is 1. The molecular weight excluding hydrogens is 440 g/mol. The summed E-state index contributed by atoms with van der Waals surface area (Å²) in [7, 11) is -0.627. The molecule has 0 bridgehead atoms. The number of carbonyl (C=O) groups is 2. The number of hydrogen-bond acceptors (Lipinski definition) is 6. The Morgan fingerprint density at radius 1 is 1.00 bits per heavy atom. The number of nitrogens with zero attached hydrogens (tertiary/aromatic N) is 3. The molecule has 33 heavy (non-hydrogen) atoms. The molecule has 1 N–H and O–H groups in total. The summed E-state index contributed by atoms with van der Waals surface area (Å²) in [6.07, 6.45) is 0. The number of ketones is 1. The molecule has 0 saturated carbocycles. The third kappa shape index (κ3) is 5.61. The van der Waals surface area contributed by atoms with Gasteiger partial charge >= 0.3 is 0 Å². The highest BCUT2D eigenvalue weighted by atomic mass is 32.2. The van der Waals surface area contributed by atoms with Crippen LogP contribution in [-0.4, -0.2) is 75.6 Å². The zero-order chi connectivity index (χ0) is 24.3. The molecule has 1 aliphatic rings. The van der Waals surface area contributed by atoms with Gasteiger partial charge in [0.05, 0.1) is 10.9 Å². The molecule has 2 aromatic rings. The van der Waals surface area contributed by atoms with Gasteiger partial charge in [0.15, 0.2) is 5.78 Å². The van der Waals surface area contributed by atoms with Gasteiger partial charge in [0.2, 0.25) is 15.9 Å². The van der Waals surface area contributed by atoms with Crippen molar-refractivity contribution in [2.45, 2.75) is 31.7 Å². The van der Waals surface area contributed by atoms with Crippen LogP contribution in [0.15, 0.2) is 47.4 Å². The van der Waals surface area contributed by atoms with E-state index in [1.54, 1.807) is 19.1 Å². The minimum Gasteiger partial charge on any atom is -0.369 e. The summed E-state index contributed by atoms with van der Waals surface area (Å²) < 4.78 is 26.0. The summed E-state index contributed by atoms with van der Waals surface area (Å²) in [4.78, 5) is 28.9. The minimum absolute atomic E-state index is 0.0475. The number of carbonyl (C=O) groups excluding carboxylic acids is 2. The van der Waals surface area contributed by atoms with Gasteiger partial charge in [0.25, 0.3) is 0 Å². The Kier molecular flexibility index (Phi) is 7.56. The average molecular weight is 473 g/mol. The zero-order valence-electron chi connectivity index (χ0n) is 19.8. The SMILES string of the molecule is CC(=O)c1ccc(N2CCN([C@H](C)C(=O)Nc3cc(S(=O)(=O)N(C)C)ccc3C)CC2)cc1. The van der Waals surface area contributed by atoms with Crippen molar-refractivity contribution in [2.24, 2.45) is 0 Å².